The highest BCUT2D eigenvalue weighted by Crippen LogP contribution is 2.31. The largest absolute Gasteiger partial charge is 0.395 e. The minimum absolute atomic E-state index is 0.00298. The second-order valence-corrected chi connectivity index (χ2v) is 10.2. The van der Waals surface area contributed by atoms with Crippen molar-refractivity contribution in [2.45, 2.75) is 94.8 Å². The van der Waals surface area contributed by atoms with Gasteiger partial charge in [0.2, 0.25) is 5.91 Å². The molecule has 0 spiro atoms. The number of ether oxygens (including phenoxy) is 1. The Labute approximate surface area is 190 Å². The number of hydrogen-bond donors (Lipinski definition) is 5. The molecule has 2 rings (SSSR count). The average molecular weight is 463 g/mol. The van der Waals surface area contributed by atoms with E-state index in [4.69, 9.17) is 4.74 Å². The molecule has 31 heavy (non-hydrogen) atoms. The number of aliphatic hydroxyl groups is 4. The van der Waals surface area contributed by atoms with Crippen LogP contribution in [0.3, 0.4) is 0 Å². The summed E-state index contributed by atoms with van der Waals surface area (Å²) >= 11 is 1.26. The van der Waals surface area contributed by atoms with Crippen LogP contribution in [0.5, 0.6) is 0 Å². The minimum atomic E-state index is -1.34. The number of β-amino-alcohol motifs (C(OH)–C–C–N with tert-alkyl or cyclic N) is 1. The summed E-state index contributed by atoms with van der Waals surface area (Å²) in [6.07, 6.45) is 2.44. The SMILES string of the molecule is CCCCC[C@@H]1C[C@@H](C(=O)N[C@H](C(C)C)[C@H]2O[C@H](SC)[C@H](O)[C@@H](O)[C@H]2O)N(CCO)C1. The van der Waals surface area contributed by atoms with E-state index < -0.39 is 35.9 Å². The lowest BCUT2D eigenvalue weighted by Crippen LogP contribution is -2.64. The van der Waals surface area contributed by atoms with E-state index in [1.165, 1.54) is 18.2 Å². The maximum atomic E-state index is 13.3. The lowest BCUT2D eigenvalue weighted by molar-refractivity contribution is -0.208. The number of carbonyl (C=O) groups excluding carboxylic acids is 1. The Bertz CT molecular complexity index is 552. The van der Waals surface area contributed by atoms with E-state index in [0.717, 1.165) is 32.2 Å². The van der Waals surface area contributed by atoms with Crippen molar-refractivity contribution in [3.05, 3.63) is 0 Å². The summed E-state index contributed by atoms with van der Waals surface area (Å²) < 4.78 is 5.91. The molecule has 2 aliphatic heterocycles. The molecule has 2 heterocycles. The molecular formula is C22H42N2O6S. The van der Waals surface area contributed by atoms with Gasteiger partial charge in [-0.1, -0.05) is 40.0 Å². The zero-order valence-corrected chi connectivity index (χ0v) is 20.1. The number of hydrogen-bond acceptors (Lipinski definition) is 8. The van der Waals surface area contributed by atoms with Gasteiger partial charge in [0.05, 0.1) is 18.7 Å². The van der Waals surface area contributed by atoms with Crippen LogP contribution >= 0.6 is 11.8 Å². The Balaban J connectivity index is 2.09. The Kier molecular flexibility index (Phi) is 11.0. The molecule has 182 valence electrons. The summed E-state index contributed by atoms with van der Waals surface area (Å²) in [6, 6.07) is -0.845. The molecule has 0 saturated carbocycles. The smallest absolute Gasteiger partial charge is 0.237 e. The van der Waals surface area contributed by atoms with Crippen LogP contribution in [0.25, 0.3) is 0 Å². The zero-order chi connectivity index (χ0) is 23.1. The van der Waals surface area contributed by atoms with E-state index in [2.05, 4.69) is 12.2 Å². The van der Waals surface area contributed by atoms with E-state index in [1.54, 1.807) is 6.26 Å². The molecule has 0 aromatic carbocycles. The first-order chi connectivity index (χ1) is 14.7. The number of thioether (sulfide) groups is 1. The molecule has 0 aromatic heterocycles. The molecule has 8 nitrogen and oxygen atoms in total. The van der Waals surface area contributed by atoms with Gasteiger partial charge in [0.1, 0.15) is 29.9 Å². The number of aliphatic hydroxyl groups excluding tert-OH is 4. The number of rotatable bonds is 11. The van der Waals surface area contributed by atoms with Crippen molar-refractivity contribution >= 4 is 17.7 Å². The first kappa shape index (κ1) is 26.8. The predicted octanol–water partition coefficient (Wildman–Crippen LogP) is 0.561. The van der Waals surface area contributed by atoms with Crippen molar-refractivity contribution in [1.29, 1.82) is 0 Å². The first-order valence-corrected chi connectivity index (χ1v) is 12.9. The zero-order valence-electron chi connectivity index (χ0n) is 19.3. The Morgan fingerprint density at radius 3 is 2.48 bits per heavy atom. The van der Waals surface area contributed by atoms with Gasteiger partial charge in [-0.25, -0.2) is 0 Å². The predicted molar refractivity (Wildman–Crippen MR) is 122 cm³/mol. The van der Waals surface area contributed by atoms with Crippen LogP contribution in [0.2, 0.25) is 0 Å². The number of carbonyl (C=O) groups is 1. The van der Waals surface area contributed by atoms with Crippen molar-refractivity contribution < 1.29 is 30.0 Å². The minimum Gasteiger partial charge on any atom is -0.395 e. The molecule has 8 atom stereocenters. The van der Waals surface area contributed by atoms with Crippen LogP contribution in [0, 0.1) is 11.8 Å². The van der Waals surface area contributed by atoms with Crippen LogP contribution in [0.4, 0.5) is 0 Å². The van der Waals surface area contributed by atoms with E-state index in [0.29, 0.717) is 12.5 Å². The van der Waals surface area contributed by atoms with Crippen molar-refractivity contribution in [2.24, 2.45) is 11.8 Å². The highest BCUT2D eigenvalue weighted by Gasteiger charge is 2.48. The van der Waals surface area contributed by atoms with Gasteiger partial charge in [-0.3, -0.25) is 9.69 Å². The second-order valence-electron chi connectivity index (χ2n) is 9.29. The standard InChI is InChI=1S/C22H42N2O6S/c1-5-6-7-8-14-11-15(24(12-14)9-10-25)21(29)23-16(13(2)3)20-18(27)17(26)19(28)22(30-20)31-4/h13-20,22,25-28H,5-12H2,1-4H3,(H,23,29)/t14-,15+,16-,17+,18-,19-,20-,22-/m1/s1. The molecule has 0 aromatic rings. The molecule has 1 amide bonds. The number of nitrogens with zero attached hydrogens (tertiary/aromatic N) is 1. The maximum Gasteiger partial charge on any atom is 0.237 e. The van der Waals surface area contributed by atoms with Gasteiger partial charge >= 0.3 is 0 Å². The van der Waals surface area contributed by atoms with E-state index in [-0.39, 0.29) is 24.5 Å². The average Bonchev–Trinajstić information content (AvgIpc) is 3.14. The second kappa shape index (κ2) is 12.7. The summed E-state index contributed by atoms with van der Waals surface area (Å²) in [4.78, 5) is 15.3. The Hall–Kier alpha value is -0.420. The molecule has 0 radical (unpaired) electrons. The van der Waals surface area contributed by atoms with Gasteiger partial charge in [0, 0.05) is 13.1 Å². The van der Waals surface area contributed by atoms with Crippen LogP contribution in [0.1, 0.15) is 52.9 Å². The Morgan fingerprint density at radius 1 is 1.19 bits per heavy atom. The highest BCUT2D eigenvalue weighted by molar-refractivity contribution is 7.99. The van der Waals surface area contributed by atoms with Gasteiger partial charge in [-0.15, -0.1) is 11.8 Å². The van der Waals surface area contributed by atoms with E-state index >= 15 is 0 Å². The topological polar surface area (TPSA) is 122 Å². The summed E-state index contributed by atoms with van der Waals surface area (Å²) in [7, 11) is 0. The monoisotopic (exact) mass is 462 g/mol. The Morgan fingerprint density at radius 2 is 1.90 bits per heavy atom. The van der Waals surface area contributed by atoms with Crippen LogP contribution in [0.15, 0.2) is 0 Å². The molecule has 2 saturated heterocycles. The lowest BCUT2D eigenvalue weighted by Gasteiger charge is -2.44. The number of unbranched alkanes of at least 4 members (excludes halogenated alkanes) is 2. The third-order valence-electron chi connectivity index (χ3n) is 6.62. The first-order valence-electron chi connectivity index (χ1n) is 11.6. The fraction of sp³-hybridized carbons (Fsp3) is 0.955. The third kappa shape index (κ3) is 6.79. The molecule has 2 aliphatic rings. The van der Waals surface area contributed by atoms with Gasteiger partial charge in [-0.2, -0.15) is 0 Å². The van der Waals surface area contributed by atoms with Crippen molar-refractivity contribution in [1.82, 2.24) is 10.2 Å². The van der Waals surface area contributed by atoms with Gasteiger partial charge in [0.15, 0.2) is 0 Å². The van der Waals surface area contributed by atoms with Crippen LogP contribution < -0.4 is 5.32 Å². The van der Waals surface area contributed by atoms with Gasteiger partial charge in [0.25, 0.3) is 0 Å². The van der Waals surface area contributed by atoms with Crippen molar-refractivity contribution in [3.63, 3.8) is 0 Å². The molecule has 0 unspecified atom stereocenters. The summed E-state index contributed by atoms with van der Waals surface area (Å²) in [6.45, 7) is 7.30. The molecule has 0 aliphatic carbocycles. The number of amides is 1. The lowest BCUT2D eigenvalue weighted by atomic mass is 9.88. The fourth-order valence-corrected chi connectivity index (χ4v) is 5.47. The van der Waals surface area contributed by atoms with Crippen molar-refractivity contribution in [2.75, 3.05) is 26.0 Å². The van der Waals surface area contributed by atoms with E-state index in [1.807, 2.05) is 18.7 Å². The normalized spacial score (nSPS) is 35.5. The highest BCUT2D eigenvalue weighted by atomic mass is 32.2. The maximum absolute atomic E-state index is 13.3. The van der Waals surface area contributed by atoms with E-state index in [9.17, 15) is 25.2 Å². The van der Waals surface area contributed by atoms with Crippen LogP contribution in [-0.2, 0) is 9.53 Å². The number of likely N-dealkylation sites (tertiary alicyclic amines) is 1. The summed E-state index contributed by atoms with van der Waals surface area (Å²) in [5, 5.41) is 43.5. The number of nitrogens with one attached hydrogen (secondary N) is 1. The summed E-state index contributed by atoms with van der Waals surface area (Å²) in [5.41, 5.74) is -0.679. The van der Waals surface area contributed by atoms with Gasteiger partial charge in [-0.05, 0) is 30.9 Å². The van der Waals surface area contributed by atoms with Gasteiger partial charge < -0.3 is 30.5 Å². The molecule has 0 bridgehead atoms. The summed E-state index contributed by atoms with van der Waals surface area (Å²) in [5.74, 6) is 0.240. The van der Waals surface area contributed by atoms with Crippen LogP contribution in [-0.4, -0.2) is 99.1 Å². The molecular weight excluding hydrogens is 420 g/mol. The molecule has 5 N–H and O–H groups in total. The quantitative estimate of drug-likeness (QED) is 0.282. The fourth-order valence-electron chi connectivity index (χ4n) is 4.79. The van der Waals surface area contributed by atoms with Crippen molar-refractivity contribution in [3.8, 4) is 0 Å². The molecule has 2 fully saturated rings. The third-order valence-corrected chi connectivity index (χ3v) is 7.47. The molecule has 9 heteroatoms.